The first-order valence-electron chi connectivity index (χ1n) is 11.8. The zero-order valence-corrected chi connectivity index (χ0v) is 20.8. The van der Waals surface area contributed by atoms with Gasteiger partial charge < -0.3 is 36.6 Å². The number of aromatic hydroxyl groups is 1. The molecule has 4 amide bonds. The molecule has 0 unspecified atom stereocenters. The lowest BCUT2D eigenvalue weighted by molar-refractivity contribution is -0.132. The van der Waals surface area contributed by atoms with Crippen LogP contribution in [0.5, 0.6) is 5.75 Å². The summed E-state index contributed by atoms with van der Waals surface area (Å²) < 4.78 is 5.08. The fraction of sp³-hybridized carbons (Fsp3) is 0.385. The second kappa shape index (κ2) is 14.4. The molecule has 200 valence electrons. The molecule has 0 heterocycles. The Hall–Kier alpha value is -4.12. The zero-order chi connectivity index (χ0) is 27.4. The van der Waals surface area contributed by atoms with Gasteiger partial charge in [-0.05, 0) is 35.6 Å². The quantitative estimate of drug-likeness (QED) is 0.228. The van der Waals surface area contributed by atoms with Crippen LogP contribution in [0.2, 0.25) is 0 Å². The summed E-state index contributed by atoms with van der Waals surface area (Å²) in [6.07, 6.45) is -0.609. The number of phenolic OH excluding ortho intramolecular Hbond substituents is 1. The topological polar surface area (TPSA) is 180 Å². The summed E-state index contributed by atoms with van der Waals surface area (Å²) >= 11 is 0. The smallest absolute Gasteiger partial charge is 0.408 e. The molecular weight excluding hydrogens is 480 g/mol. The Morgan fingerprint density at radius 3 is 2.00 bits per heavy atom. The predicted molar refractivity (Wildman–Crippen MR) is 135 cm³/mol. The highest BCUT2D eigenvalue weighted by Gasteiger charge is 2.29. The molecule has 3 atom stereocenters. The summed E-state index contributed by atoms with van der Waals surface area (Å²) in [6.45, 7) is 2.93. The molecule has 0 fully saturated rings. The molecule has 0 saturated carbocycles. The largest absolute Gasteiger partial charge is 0.508 e. The summed E-state index contributed by atoms with van der Waals surface area (Å²) in [6, 6.07) is 11.5. The number of nitrogens with one attached hydrogen (secondary N) is 3. The second-order valence-electron chi connectivity index (χ2n) is 8.97. The fourth-order valence-corrected chi connectivity index (χ4v) is 3.44. The number of benzene rings is 2. The molecule has 2 aromatic rings. The van der Waals surface area contributed by atoms with Gasteiger partial charge in [0.05, 0.1) is 6.61 Å². The number of amides is 4. The first-order valence-corrected chi connectivity index (χ1v) is 11.8. The van der Waals surface area contributed by atoms with E-state index in [2.05, 4.69) is 16.0 Å². The molecule has 0 aliphatic rings. The molecule has 0 aliphatic carbocycles. The van der Waals surface area contributed by atoms with Crippen molar-refractivity contribution < 1.29 is 34.1 Å². The maximum atomic E-state index is 13.0. The molecule has 0 spiro atoms. The number of hydrogen-bond acceptors (Lipinski definition) is 7. The van der Waals surface area contributed by atoms with E-state index in [1.807, 2.05) is 19.9 Å². The van der Waals surface area contributed by atoms with Gasteiger partial charge in [-0.1, -0.05) is 56.3 Å². The van der Waals surface area contributed by atoms with Crippen LogP contribution in [-0.2, 0) is 32.1 Å². The van der Waals surface area contributed by atoms with E-state index in [0.717, 1.165) is 5.56 Å². The summed E-state index contributed by atoms with van der Waals surface area (Å²) in [4.78, 5) is 49.9. The van der Waals surface area contributed by atoms with Crippen molar-refractivity contribution in [2.75, 3.05) is 6.61 Å². The number of aliphatic hydroxyl groups is 1. The van der Waals surface area contributed by atoms with Crippen LogP contribution in [0.4, 0.5) is 4.79 Å². The minimum Gasteiger partial charge on any atom is -0.508 e. The number of alkyl carbamates (subject to hydrolysis) is 1. The lowest BCUT2D eigenvalue weighted by Gasteiger charge is -2.25. The molecule has 0 aliphatic heterocycles. The van der Waals surface area contributed by atoms with Gasteiger partial charge in [0.25, 0.3) is 0 Å². The van der Waals surface area contributed by atoms with Gasteiger partial charge in [0, 0.05) is 6.42 Å². The molecule has 11 nitrogen and oxygen atoms in total. The lowest BCUT2D eigenvalue weighted by Crippen LogP contribution is -2.57. The Balaban J connectivity index is 2.01. The van der Waals surface area contributed by atoms with Crippen LogP contribution < -0.4 is 21.7 Å². The molecule has 11 heteroatoms. The van der Waals surface area contributed by atoms with E-state index in [-0.39, 0.29) is 31.1 Å². The van der Waals surface area contributed by atoms with Crippen LogP contribution in [0, 0.1) is 5.92 Å². The van der Waals surface area contributed by atoms with E-state index in [4.69, 9.17) is 10.5 Å². The van der Waals surface area contributed by atoms with E-state index in [1.165, 1.54) is 12.1 Å². The van der Waals surface area contributed by atoms with Crippen molar-refractivity contribution in [3.63, 3.8) is 0 Å². The van der Waals surface area contributed by atoms with E-state index in [1.54, 1.807) is 36.4 Å². The average Bonchev–Trinajstić information content (AvgIpc) is 2.86. The number of hydrogen-bond donors (Lipinski definition) is 6. The van der Waals surface area contributed by atoms with Gasteiger partial charge in [0.15, 0.2) is 0 Å². The molecular formula is C26H34N4O7. The van der Waals surface area contributed by atoms with Crippen molar-refractivity contribution in [1.82, 2.24) is 16.0 Å². The standard InChI is InChI=1S/C26H34N4O7/c1-16(2)12-21(24(34)28-20(23(27)33)13-17-8-10-19(32)11-9-17)29-25(35)22(14-31)30-26(36)37-15-18-6-4-3-5-7-18/h3-11,16,20-22,31-32H,12-15H2,1-2H3,(H2,27,33)(H,28,34)(H,29,35)(H,30,36)/t20-,21-,22+/m0/s1. The maximum absolute atomic E-state index is 13.0. The monoisotopic (exact) mass is 514 g/mol. The highest BCUT2D eigenvalue weighted by Crippen LogP contribution is 2.12. The normalized spacial score (nSPS) is 13.2. The Kier molecular flexibility index (Phi) is 11.4. The first-order chi connectivity index (χ1) is 17.6. The summed E-state index contributed by atoms with van der Waals surface area (Å²) in [7, 11) is 0. The SMILES string of the molecule is CC(C)C[C@H](NC(=O)[C@@H](CO)NC(=O)OCc1ccccc1)C(=O)N[C@@H](Cc1ccc(O)cc1)C(N)=O. The number of phenols is 1. The zero-order valence-electron chi connectivity index (χ0n) is 20.8. The molecule has 37 heavy (non-hydrogen) atoms. The molecule has 2 rings (SSSR count). The van der Waals surface area contributed by atoms with Gasteiger partial charge in [-0.2, -0.15) is 0 Å². The molecule has 0 saturated heterocycles. The van der Waals surface area contributed by atoms with Crippen LogP contribution in [0.15, 0.2) is 54.6 Å². The van der Waals surface area contributed by atoms with Gasteiger partial charge >= 0.3 is 6.09 Å². The maximum Gasteiger partial charge on any atom is 0.408 e. The number of primary amides is 1. The first kappa shape index (κ1) is 29.1. The van der Waals surface area contributed by atoms with E-state index < -0.39 is 48.5 Å². The molecule has 0 radical (unpaired) electrons. The minimum atomic E-state index is -1.37. The molecule has 7 N–H and O–H groups in total. The molecule has 0 bridgehead atoms. The Bertz CT molecular complexity index is 1040. The van der Waals surface area contributed by atoms with Gasteiger partial charge in [-0.15, -0.1) is 0 Å². The summed E-state index contributed by atoms with van der Waals surface area (Å²) in [5.74, 6) is -2.18. The van der Waals surface area contributed by atoms with Crippen LogP contribution in [-0.4, -0.2) is 58.8 Å². The fourth-order valence-electron chi connectivity index (χ4n) is 3.44. The predicted octanol–water partition coefficient (Wildman–Crippen LogP) is 0.723. The number of aliphatic hydroxyl groups excluding tert-OH is 1. The highest BCUT2D eigenvalue weighted by atomic mass is 16.5. The third kappa shape index (κ3) is 10.2. The van der Waals surface area contributed by atoms with Crippen molar-refractivity contribution in [3.8, 4) is 5.75 Å². The Labute approximate surface area is 215 Å². The Morgan fingerprint density at radius 2 is 1.43 bits per heavy atom. The third-order valence-electron chi connectivity index (χ3n) is 5.38. The number of carbonyl (C=O) groups excluding carboxylic acids is 4. The van der Waals surface area contributed by atoms with Gasteiger partial charge in [0.2, 0.25) is 17.7 Å². The van der Waals surface area contributed by atoms with E-state index in [9.17, 15) is 29.4 Å². The van der Waals surface area contributed by atoms with Crippen molar-refractivity contribution in [2.45, 2.75) is 51.4 Å². The van der Waals surface area contributed by atoms with Crippen molar-refractivity contribution in [2.24, 2.45) is 11.7 Å². The van der Waals surface area contributed by atoms with Crippen LogP contribution >= 0.6 is 0 Å². The second-order valence-corrected chi connectivity index (χ2v) is 8.97. The average molecular weight is 515 g/mol. The number of nitrogens with two attached hydrogens (primary N) is 1. The number of rotatable bonds is 13. The highest BCUT2D eigenvalue weighted by molar-refractivity contribution is 5.93. The molecule has 0 aromatic heterocycles. The number of ether oxygens (including phenoxy) is 1. The van der Waals surface area contributed by atoms with Crippen LogP contribution in [0.25, 0.3) is 0 Å². The summed E-state index contributed by atoms with van der Waals surface area (Å²) in [5, 5.41) is 26.5. The van der Waals surface area contributed by atoms with Gasteiger partial charge in [-0.25, -0.2) is 4.79 Å². The van der Waals surface area contributed by atoms with Gasteiger partial charge in [-0.3, -0.25) is 14.4 Å². The summed E-state index contributed by atoms with van der Waals surface area (Å²) in [5.41, 5.74) is 6.88. The van der Waals surface area contributed by atoms with E-state index in [0.29, 0.717) is 5.56 Å². The van der Waals surface area contributed by atoms with Crippen molar-refractivity contribution in [3.05, 3.63) is 65.7 Å². The van der Waals surface area contributed by atoms with Gasteiger partial charge in [0.1, 0.15) is 30.5 Å². The Morgan fingerprint density at radius 1 is 0.838 bits per heavy atom. The minimum absolute atomic E-state index is 0.0171. The lowest BCUT2D eigenvalue weighted by atomic mass is 10.0. The molecule has 2 aromatic carbocycles. The van der Waals surface area contributed by atoms with Crippen molar-refractivity contribution in [1.29, 1.82) is 0 Å². The number of carbonyl (C=O) groups is 4. The van der Waals surface area contributed by atoms with Crippen molar-refractivity contribution >= 4 is 23.8 Å². The third-order valence-corrected chi connectivity index (χ3v) is 5.38. The van der Waals surface area contributed by atoms with E-state index >= 15 is 0 Å². The van der Waals surface area contributed by atoms with Crippen LogP contribution in [0.1, 0.15) is 31.4 Å². The van der Waals surface area contributed by atoms with Crippen LogP contribution in [0.3, 0.4) is 0 Å².